The van der Waals surface area contributed by atoms with E-state index >= 15 is 0 Å². The highest BCUT2D eigenvalue weighted by Crippen LogP contribution is 2.32. The van der Waals surface area contributed by atoms with Crippen LogP contribution in [0.4, 0.5) is 0 Å². The topological polar surface area (TPSA) is 121 Å². The molecule has 0 fully saturated rings. The number of unbranched alkanes of at least 4 members (excludes halogenated alkanes) is 14. The van der Waals surface area contributed by atoms with Gasteiger partial charge < -0.3 is 30.6 Å². The number of rotatable bonds is 21. The summed E-state index contributed by atoms with van der Waals surface area (Å²) in [6.45, 7) is 36.3. The second kappa shape index (κ2) is 53.0. The lowest BCUT2D eigenvalue weighted by atomic mass is 9.78. The average molecular weight is 1270 g/mol. The Balaban J connectivity index is 0.00000104. The van der Waals surface area contributed by atoms with E-state index in [2.05, 4.69) is 145 Å². The van der Waals surface area contributed by atoms with E-state index in [4.69, 9.17) is 15.3 Å². The molecule has 0 aliphatic rings. The quantitative estimate of drug-likeness (QED) is 0.0399. The van der Waals surface area contributed by atoms with Crippen molar-refractivity contribution in [2.24, 2.45) is 11.8 Å². The van der Waals surface area contributed by atoms with E-state index in [1.165, 1.54) is 125 Å². The molecule has 0 radical (unpaired) electrons. The lowest BCUT2D eigenvalue weighted by Gasteiger charge is -2.26. The normalized spacial score (nSPS) is 10.2. The zero-order valence-electron chi connectivity index (χ0n) is 61.1. The summed E-state index contributed by atoms with van der Waals surface area (Å²) in [6, 6.07) is 61.4. The molecule has 6 heteroatoms. The minimum Gasteiger partial charge on any atom is -0.508 e. The summed E-state index contributed by atoms with van der Waals surface area (Å²) in [5, 5.41) is 55.1. The highest BCUT2D eigenvalue weighted by molar-refractivity contribution is 5.43. The summed E-state index contributed by atoms with van der Waals surface area (Å²) < 4.78 is 0. The summed E-state index contributed by atoms with van der Waals surface area (Å²) in [5.41, 5.74) is 11.2. The minimum absolute atomic E-state index is 0.0328. The molecule has 6 N–H and O–H groups in total. The molecule has 8 aromatic carbocycles. The van der Waals surface area contributed by atoms with Gasteiger partial charge in [-0.25, -0.2) is 0 Å². The number of aromatic hydroxyl groups is 6. The van der Waals surface area contributed by atoms with Gasteiger partial charge in [0, 0.05) is 5.41 Å². The fourth-order valence-corrected chi connectivity index (χ4v) is 9.74. The molecular formula is C87H128O6. The maximum absolute atomic E-state index is 9.77. The van der Waals surface area contributed by atoms with Crippen LogP contribution in [-0.2, 0) is 18.3 Å². The van der Waals surface area contributed by atoms with Crippen molar-refractivity contribution in [1.29, 1.82) is 0 Å². The van der Waals surface area contributed by atoms with Crippen molar-refractivity contribution in [3.8, 4) is 34.5 Å². The number of aryl methyl sites for hydroxylation is 5. The molecule has 0 spiro atoms. The Labute approximate surface area is 568 Å². The highest BCUT2D eigenvalue weighted by atomic mass is 16.3. The lowest BCUT2D eigenvalue weighted by molar-refractivity contribution is 0.458. The van der Waals surface area contributed by atoms with E-state index in [1.54, 1.807) is 54.6 Å². The molecule has 6 nitrogen and oxygen atoms in total. The first-order valence-corrected chi connectivity index (χ1v) is 35.0. The lowest BCUT2D eigenvalue weighted by Crippen LogP contribution is -2.18. The minimum atomic E-state index is -0.0328. The molecule has 0 aliphatic carbocycles. The van der Waals surface area contributed by atoms with Gasteiger partial charge in [-0.05, 0) is 158 Å². The molecule has 0 heterocycles. The van der Waals surface area contributed by atoms with Crippen molar-refractivity contribution in [2.75, 3.05) is 0 Å². The Morgan fingerprint density at radius 2 is 0.688 bits per heavy atom. The van der Waals surface area contributed by atoms with Crippen molar-refractivity contribution in [3.05, 3.63) is 250 Å². The van der Waals surface area contributed by atoms with Crippen molar-refractivity contribution in [1.82, 2.24) is 0 Å². The molecule has 0 unspecified atom stereocenters. The Bertz CT molecular complexity index is 2950. The number of phenolic OH excluding ortho intramolecular Hbond substituents is 6. The average Bonchev–Trinajstić information content (AvgIpc) is 1.50. The first-order valence-electron chi connectivity index (χ1n) is 35.0. The van der Waals surface area contributed by atoms with Crippen LogP contribution >= 0.6 is 0 Å². The Morgan fingerprint density at radius 3 is 1.06 bits per heavy atom. The van der Waals surface area contributed by atoms with E-state index in [0.29, 0.717) is 52.3 Å². The third kappa shape index (κ3) is 43.2. The highest BCUT2D eigenvalue weighted by Gasteiger charge is 2.22. The zero-order valence-corrected chi connectivity index (χ0v) is 61.1. The van der Waals surface area contributed by atoms with E-state index in [1.807, 2.05) is 113 Å². The van der Waals surface area contributed by atoms with Crippen molar-refractivity contribution in [2.45, 2.75) is 245 Å². The molecule has 8 rings (SSSR count). The molecular weight excluding hydrogens is 1140 g/mol. The summed E-state index contributed by atoms with van der Waals surface area (Å²) in [5.74, 6) is 4.12. The fraction of sp³-hybridized carbons (Fsp3) is 0.448. The molecule has 0 aromatic heterocycles. The first-order chi connectivity index (χ1) is 44.3. The van der Waals surface area contributed by atoms with Crippen molar-refractivity contribution in [3.63, 3.8) is 0 Å². The summed E-state index contributed by atoms with van der Waals surface area (Å²) in [7, 11) is 0. The van der Waals surface area contributed by atoms with Crippen LogP contribution in [0.3, 0.4) is 0 Å². The van der Waals surface area contributed by atoms with Gasteiger partial charge in [0.15, 0.2) is 0 Å². The smallest absolute Gasteiger partial charge is 0.121 e. The predicted molar refractivity (Wildman–Crippen MR) is 405 cm³/mol. The molecule has 0 bridgehead atoms. The Morgan fingerprint density at radius 1 is 0.312 bits per heavy atom. The zero-order chi connectivity index (χ0) is 69.8. The van der Waals surface area contributed by atoms with Gasteiger partial charge in [-0.3, -0.25) is 0 Å². The summed E-state index contributed by atoms with van der Waals surface area (Å²) >= 11 is 0. The first kappa shape index (κ1) is 85.6. The van der Waals surface area contributed by atoms with Crippen LogP contribution in [0.1, 0.15) is 247 Å². The van der Waals surface area contributed by atoms with E-state index in [0.717, 1.165) is 46.2 Å². The monoisotopic (exact) mass is 1270 g/mol. The second-order valence-corrected chi connectivity index (χ2v) is 26.2. The van der Waals surface area contributed by atoms with Crippen LogP contribution in [0.25, 0.3) is 0 Å². The number of hydrogen-bond donors (Lipinski definition) is 6. The molecule has 0 atom stereocenters. The molecule has 0 saturated heterocycles. The Hall–Kier alpha value is -7.44. The maximum atomic E-state index is 9.77. The van der Waals surface area contributed by atoms with Crippen LogP contribution in [-0.4, -0.2) is 30.6 Å². The van der Waals surface area contributed by atoms with Crippen molar-refractivity contribution < 1.29 is 30.6 Å². The van der Waals surface area contributed by atoms with Crippen LogP contribution in [0.5, 0.6) is 34.5 Å². The number of hydrogen-bond acceptors (Lipinski definition) is 6. The van der Waals surface area contributed by atoms with Gasteiger partial charge in [0.2, 0.25) is 0 Å². The second-order valence-electron chi connectivity index (χ2n) is 26.2. The SMILES string of the molecule is CC(C)(c1ccccc1)c1ccc(O)cc1.CC(C)c1ccccc1.CCCCCCCCCC.CCCCCCCCCC.Cc1cc(C)c(O)c(CC(C)C)c1.Cc1cccc(CC(C)C)c1O.Cc1cccc(O)c1.Cc1ccccc1O.Oc1ccccc1. The largest absolute Gasteiger partial charge is 0.508 e. The van der Waals surface area contributed by atoms with Crippen LogP contribution in [0.15, 0.2) is 194 Å². The van der Waals surface area contributed by atoms with Gasteiger partial charge in [-0.1, -0.05) is 343 Å². The summed E-state index contributed by atoms with van der Waals surface area (Å²) in [6.07, 6.45) is 24.8. The van der Waals surface area contributed by atoms with Crippen LogP contribution in [0.2, 0.25) is 0 Å². The molecule has 0 aliphatic heterocycles. The van der Waals surface area contributed by atoms with Gasteiger partial charge in [-0.15, -0.1) is 0 Å². The molecule has 8 aromatic rings. The van der Waals surface area contributed by atoms with Gasteiger partial charge in [0.25, 0.3) is 0 Å². The standard InChI is InChI=1S/C15H16O.C12H18O.C11H16O.2C10H22.C9H12.2C7H8O.C6H6O/c1-15(2,12-6-4-3-5-7-12)13-8-10-14(16)11-9-13;1-8(2)5-11-7-9(3)6-10(4)12(11)13;1-8(2)7-10-6-4-5-9(3)11(10)12;2*1-3-5-7-9-10-8-6-4-2;1-8(2)9-6-4-3-5-7-9;1-6-3-2-4-7(8)5-6;1-6-4-2-3-5-7(6)8;7-6-4-2-1-3-5-6/h3-11,16H,1-2H3;6-8,13H,5H2,1-4H3;4-6,8,12H,7H2,1-3H3;2*3-10H2,1-2H3;3-8H,1-2H3;2*2-5,8H,1H3;1-5,7H. The number of para-hydroxylation sites is 3. The summed E-state index contributed by atoms with van der Waals surface area (Å²) in [4.78, 5) is 0. The predicted octanol–water partition coefficient (Wildman–Crippen LogP) is 25.7. The molecule has 93 heavy (non-hydrogen) atoms. The van der Waals surface area contributed by atoms with Gasteiger partial charge >= 0.3 is 0 Å². The third-order valence-electron chi connectivity index (χ3n) is 15.4. The molecule has 0 saturated carbocycles. The van der Waals surface area contributed by atoms with E-state index in [-0.39, 0.29) is 5.41 Å². The van der Waals surface area contributed by atoms with Crippen LogP contribution in [0, 0.1) is 46.5 Å². The molecule has 0 amide bonds. The van der Waals surface area contributed by atoms with Crippen molar-refractivity contribution >= 4 is 0 Å². The maximum Gasteiger partial charge on any atom is 0.121 e. The van der Waals surface area contributed by atoms with Crippen LogP contribution < -0.4 is 0 Å². The third-order valence-corrected chi connectivity index (χ3v) is 15.4. The van der Waals surface area contributed by atoms with Gasteiger partial charge in [0.05, 0.1) is 0 Å². The van der Waals surface area contributed by atoms with E-state index in [9.17, 15) is 15.3 Å². The fourth-order valence-electron chi connectivity index (χ4n) is 9.74. The number of benzene rings is 8. The number of phenols is 6. The van der Waals surface area contributed by atoms with Gasteiger partial charge in [-0.2, -0.15) is 0 Å². The van der Waals surface area contributed by atoms with Gasteiger partial charge in [0.1, 0.15) is 34.5 Å². The molecule has 512 valence electrons. The Kier molecular flexibility index (Phi) is 48.7. The van der Waals surface area contributed by atoms with E-state index < -0.39 is 0 Å².